The van der Waals surface area contributed by atoms with E-state index in [2.05, 4.69) is 29.3 Å². The summed E-state index contributed by atoms with van der Waals surface area (Å²) in [4.78, 5) is 4.61. The molecule has 5 nitrogen and oxygen atoms in total. The van der Waals surface area contributed by atoms with Crippen molar-refractivity contribution in [1.29, 1.82) is 0 Å². The molecule has 0 aliphatic heterocycles. The lowest BCUT2D eigenvalue weighted by molar-refractivity contribution is -0.0306. The molecule has 1 aromatic heterocycles. The predicted octanol–water partition coefficient (Wildman–Crippen LogP) is 3.05. The van der Waals surface area contributed by atoms with Crippen LogP contribution in [0.1, 0.15) is 64.1 Å². The highest BCUT2D eigenvalue weighted by Gasteiger charge is 2.34. The van der Waals surface area contributed by atoms with Crippen molar-refractivity contribution in [1.82, 2.24) is 15.5 Å². The Hall–Kier alpha value is -0.940. The van der Waals surface area contributed by atoms with Gasteiger partial charge in [0, 0.05) is 19.6 Å². The first-order valence-electron chi connectivity index (χ1n) is 8.24. The first-order chi connectivity index (χ1) is 10.2. The van der Waals surface area contributed by atoms with Gasteiger partial charge in [-0.3, -0.25) is 0 Å². The smallest absolute Gasteiger partial charge is 0.228 e. The van der Waals surface area contributed by atoms with Crippen molar-refractivity contribution in [2.24, 2.45) is 5.92 Å². The molecule has 1 aliphatic rings. The Labute approximate surface area is 127 Å². The highest BCUT2D eigenvalue weighted by Crippen LogP contribution is 2.31. The van der Waals surface area contributed by atoms with Crippen LogP contribution >= 0.6 is 0 Å². The summed E-state index contributed by atoms with van der Waals surface area (Å²) in [5.74, 6) is 2.14. The number of likely N-dealkylation sites (N-methyl/N-ethyl adjacent to an activating group) is 1. The van der Waals surface area contributed by atoms with Crippen LogP contribution < -0.4 is 5.32 Å². The van der Waals surface area contributed by atoms with Crippen LogP contribution in [0.15, 0.2) is 4.52 Å². The lowest BCUT2D eigenvalue weighted by Gasteiger charge is -2.26. The Morgan fingerprint density at radius 3 is 2.52 bits per heavy atom. The summed E-state index contributed by atoms with van der Waals surface area (Å²) in [6.45, 7) is 4.19. The zero-order chi connectivity index (χ0) is 15.3. The molecule has 1 N–H and O–H groups in total. The van der Waals surface area contributed by atoms with E-state index in [4.69, 9.17) is 9.26 Å². The molecule has 1 aromatic rings. The number of ether oxygens (including phenoxy) is 1. The van der Waals surface area contributed by atoms with Crippen LogP contribution in [0.4, 0.5) is 0 Å². The minimum absolute atomic E-state index is 0.412. The first kappa shape index (κ1) is 16.4. The van der Waals surface area contributed by atoms with E-state index in [0.717, 1.165) is 31.1 Å². The Morgan fingerprint density at radius 1 is 1.33 bits per heavy atom. The lowest BCUT2D eigenvalue weighted by Crippen LogP contribution is -2.34. The first-order valence-corrected chi connectivity index (χ1v) is 8.24. The number of nitrogens with zero attached hydrogens (tertiary/aromatic N) is 2. The Balaban J connectivity index is 2.08. The molecule has 0 amide bonds. The van der Waals surface area contributed by atoms with E-state index in [1.165, 1.54) is 25.7 Å². The van der Waals surface area contributed by atoms with Crippen LogP contribution in [-0.4, -0.2) is 30.3 Å². The fourth-order valence-corrected chi connectivity index (χ4v) is 3.52. The van der Waals surface area contributed by atoms with Crippen molar-refractivity contribution in [2.75, 3.05) is 14.2 Å². The van der Waals surface area contributed by atoms with Gasteiger partial charge in [-0.25, -0.2) is 0 Å². The van der Waals surface area contributed by atoms with E-state index in [1.54, 1.807) is 7.11 Å². The Bertz CT molecular complexity index is 415. The molecule has 1 unspecified atom stereocenters. The maximum atomic E-state index is 5.67. The standard InChI is InChI=1S/C16H29N3O2/c1-5-16(6-2,20-4)15-18-14(21-19-15)11-13(17-3)12-9-7-8-10-12/h12-13,17H,5-11H2,1-4H3. The van der Waals surface area contributed by atoms with Gasteiger partial charge in [0.2, 0.25) is 11.7 Å². The second kappa shape index (κ2) is 7.36. The maximum absolute atomic E-state index is 5.67. The summed E-state index contributed by atoms with van der Waals surface area (Å²) in [7, 11) is 3.75. The highest BCUT2D eigenvalue weighted by molar-refractivity contribution is 5.02. The number of hydrogen-bond acceptors (Lipinski definition) is 5. The SMILES string of the molecule is CCC(CC)(OC)c1noc(CC(NC)C2CCCC2)n1. The summed E-state index contributed by atoms with van der Waals surface area (Å²) in [5, 5.41) is 7.60. The van der Waals surface area contributed by atoms with Crippen LogP contribution in [0.25, 0.3) is 0 Å². The quantitative estimate of drug-likeness (QED) is 0.798. The van der Waals surface area contributed by atoms with E-state index < -0.39 is 5.60 Å². The summed E-state index contributed by atoms with van der Waals surface area (Å²) >= 11 is 0. The summed E-state index contributed by atoms with van der Waals surface area (Å²) in [6, 6.07) is 0.431. The van der Waals surface area contributed by atoms with Crippen LogP contribution in [0.2, 0.25) is 0 Å². The molecule has 5 heteroatoms. The van der Waals surface area contributed by atoms with E-state index in [9.17, 15) is 0 Å². The van der Waals surface area contributed by atoms with Gasteiger partial charge in [-0.05, 0) is 38.6 Å². The summed E-state index contributed by atoms with van der Waals surface area (Å²) in [5.41, 5.74) is -0.412. The van der Waals surface area contributed by atoms with Crippen molar-refractivity contribution in [3.63, 3.8) is 0 Å². The minimum Gasteiger partial charge on any atom is -0.370 e. The molecular formula is C16H29N3O2. The van der Waals surface area contributed by atoms with Crippen molar-refractivity contribution in [3.05, 3.63) is 11.7 Å². The van der Waals surface area contributed by atoms with Crippen molar-refractivity contribution >= 4 is 0 Å². The fourth-order valence-electron chi connectivity index (χ4n) is 3.52. The van der Waals surface area contributed by atoms with Gasteiger partial charge in [-0.15, -0.1) is 0 Å². The van der Waals surface area contributed by atoms with Gasteiger partial charge in [-0.1, -0.05) is 31.8 Å². The molecule has 0 spiro atoms. The number of aromatic nitrogens is 2. The minimum atomic E-state index is -0.412. The van der Waals surface area contributed by atoms with E-state index >= 15 is 0 Å². The molecular weight excluding hydrogens is 266 g/mol. The van der Waals surface area contributed by atoms with Crippen LogP contribution in [0, 0.1) is 5.92 Å². The molecule has 1 fully saturated rings. The molecule has 0 bridgehead atoms. The monoisotopic (exact) mass is 295 g/mol. The molecule has 21 heavy (non-hydrogen) atoms. The fraction of sp³-hybridized carbons (Fsp3) is 0.875. The number of methoxy groups -OCH3 is 1. The van der Waals surface area contributed by atoms with Gasteiger partial charge in [0.25, 0.3) is 0 Å². The molecule has 1 saturated carbocycles. The second-order valence-corrected chi connectivity index (χ2v) is 6.06. The summed E-state index contributed by atoms with van der Waals surface area (Å²) in [6.07, 6.45) is 7.79. The van der Waals surface area contributed by atoms with Crippen molar-refractivity contribution in [3.8, 4) is 0 Å². The van der Waals surface area contributed by atoms with Gasteiger partial charge in [0.1, 0.15) is 5.60 Å². The van der Waals surface area contributed by atoms with Gasteiger partial charge < -0.3 is 14.6 Å². The molecule has 120 valence electrons. The van der Waals surface area contributed by atoms with E-state index in [1.807, 2.05) is 7.05 Å². The van der Waals surface area contributed by atoms with Crippen LogP contribution in [0.5, 0.6) is 0 Å². The largest absolute Gasteiger partial charge is 0.370 e. The summed E-state index contributed by atoms with van der Waals surface area (Å²) < 4.78 is 11.2. The molecule has 0 radical (unpaired) electrons. The molecule has 0 aromatic carbocycles. The predicted molar refractivity (Wildman–Crippen MR) is 82.1 cm³/mol. The highest BCUT2D eigenvalue weighted by atomic mass is 16.5. The topological polar surface area (TPSA) is 60.2 Å². The maximum Gasteiger partial charge on any atom is 0.228 e. The average Bonchev–Trinajstić information content (AvgIpc) is 3.19. The zero-order valence-corrected chi connectivity index (χ0v) is 13.8. The van der Waals surface area contributed by atoms with Gasteiger partial charge in [-0.2, -0.15) is 4.98 Å². The molecule has 1 atom stereocenters. The van der Waals surface area contributed by atoms with Crippen LogP contribution in [0.3, 0.4) is 0 Å². The molecule has 2 rings (SSSR count). The molecule has 0 saturated heterocycles. The van der Waals surface area contributed by atoms with Crippen molar-refractivity contribution in [2.45, 2.75) is 70.4 Å². The molecule has 1 aliphatic carbocycles. The van der Waals surface area contributed by atoms with Crippen molar-refractivity contribution < 1.29 is 9.26 Å². The number of hydrogen-bond donors (Lipinski definition) is 1. The third-order valence-electron chi connectivity index (χ3n) is 5.14. The van der Waals surface area contributed by atoms with Crippen LogP contribution in [-0.2, 0) is 16.8 Å². The van der Waals surface area contributed by atoms with Gasteiger partial charge in [0.05, 0.1) is 0 Å². The number of rotatable bonds is 8. The van der Waals surface area contributed by atoms with E-state index in [0.29, 0.717) is 11.9 Å². The Kier molecular flexibility index (Phi) is 5.76. The number of nitrogens with one attached hydrogen (secondary N) is 1. The third-order valence-corrected chi connectivity index (χ3v) is 5.14. The second-order valence-electron chi connectivity index (χ2n) is 6.06. The molecule has 1 heterocycles. The third kappa shape index (κ3) is 3.46. The Morgan fingerprint density at radius 2 is 2.00 bits per heavy atom. The van der Waals surface area contributed by atoms with Gasteiger partial charge in [0.15, 0.2) is 0 Å². The zero-order valence-electron chi connectivity index (χ0n) is 13.8. The lowest BCUT2D eigenvalue weighted by atomic mass is 9.95. The average molecular weight is 295 g/mol. The normalized spacial score (nSPS) is 18.3. The van der Waals surface area contributed by atoms with E-state index in [-0.39, 0.29) is 0 Å². The van der Waals surface area contributed by atoms with Gasteiger partial charge >= 0.3 is 0 Å².